The molecular formula is C24H38IN5O2. The number of benzene rings is 1. The molecule has 8 heteroatoms. The zero-order chi connectivity index (χ0) is 21.9. The lowest BCUT2D eigenvalue weighted by atomic mass is 10.1. The Labute approximate surface area is 209 Å². The van der Waals surface area contributed by atoms with Crippen LogP contribution in [0.4, 0.5) is 0 Å². The molecule has 3 rings (SSSR count). The molecule has 1 aliphatic rings. The quantitative estimate of drug-likeness (QED) is 0.188. The summed E-state index contributed by atoms with van der Waals surface area (Å²) in [6, 6.07) is 6.32. The van der Waals surface area contributed by atoms with Crippen LogP contribution in [0.15, 0.2) is 35.6 Å². The van der Waals surface area contributed by atoms with Crippen molar-refractivity contribution in [3.05, 3.63) is 47.5 Å². The van der Waals surface area contributed by atoms with Crippen molar-refractivity contribution in [2.24, 2.45) is 4.99 Å². The second-order valence-corrected chi connectivity index (χ2v) is 8.05. The number of ether oxygens (including phenoxy) is 2. The Morgan fingerprint density at radius 3 is 2.88 bits per heavy atom. The smallest absolute Gasteiger partial charge is 0.191 e. The van der Waals surface area contributed by atoms with Crippen LogP contribution in [-0.4, -0.2) is 47.9 Å². The van der Waals surface area contributed by atoms with Crippen molar-refractivity contribution < 1.29 is 9.47 Å². The van der Waals surface area contributed by atoms with Crippen LogP contribution in [0.3, 0.4) is 0 Å². The van der Waals surface area contributed by atoms with Gasteiger partial charge < -0.3 is 24.7 Å². The molecule has 0 saturated carbocycles. The molecule has 32 heavy (non-hydrogen) atoms. The lowest BCUT2D eigenvalue weighted by molar-refractivity contribution is 0.0676. The molecule has 1 aliphatic heterocycles. The highest BCUT2D eigenvalue weighted by Crippen LogP contribution is 2.23. The second kappa shape index (κ2) is 14.4. The topological polar surface area (TPSA) is 72.7 Å². The van der Waals surface area contributed by atoms with Gasteiger partial charge >= 0.3 is 0 Å². The minimum absolute atomic E-state index is 0. The first-order valence-electron chi connectivity index (χ1n) is 11.5. The number of nitrogens with zero attached hydrogens (tertiary/aromatic N) is 3. The third-order valence-corrected chi connectivity index (χ3v) is 5.46. The van der Waals surface area contributed by atoms with Gasteiger partial charge in [0, 0.05) is 44.2 Å². The maximum absolute atomic E-state index is 6.11. The Balaban J connectivity index is 0.00000363. The van der Waals surface area contributed by atoms with E-state index in [0.29, 0.717) is 13.2 Å². The lowest BCUT2D eigenvalue weighted by Crippen LogP contribution is -2.37. The van der Waals surface area contributed by atoms with E-state index >= 15 is 0 Å². The van der Waals surface area contributed by atoms with Crippen LogP contribution in [0.5, 0.6) is 5.75 Å². The molecule has 1 unspecified atom stereocenters. The van der Waals surface area contributed by atoms with E-state index in [9.17, 15) is 0 Å². The summed E-state index contributed by atoms with van der Waals surface area (Å²) in [5, 5.41) is 6.78. The summed E-state index contributed by atoms with van der Waals surface area (Å²) in [6.07, 6.45) is 8.47. The molecule has 1 aromatic heterocycles. The predicted molar refractivity (Wildman–Crippen MR) is 140 cm³/mol. The molecule has 2 heterocycles. The Morgan fingerprint density at radius 2 is 2.16 bits per heavy atom. The van der Waals surface area contributed by atoms with Gasteiger partial charge in [-0.2, -0.15) is 0 Å². The fourth-order valence-corrected chi connectivity index (χ4v) is 3.65. The molecule has 0 spiro atoms. The van der Waals surface area contributed by atoms with Gasteiger partial charge in [0.05, 0.1) is 12.6 Å². The number of nitrogens with one attached hydrogen (secondary N) is 2. The van der Waals surface area contributed by atoms with Gasteiger partial charge in [-0.3, -0.25) is 0 Å². The zero-order valence-corrected chi connectivity index (χ0v) is 21.9. The van der Waals surface area contributed by atoms with Crippen LogP contribution in [0.1, 0.15) is 49.6 Å². The summed E-state index contributed by atoms with van der Waals surface area (Å²) < 4.78 is 14.0. The van der Waals surface area contributed by atoms with Crippen molar-refractivity contribution in [3.63, 3.8) is 0 Å². The van der Waals surface area contributed by atoms with Crippen LogP contribution in [0.2, 0.25) is 0 Å². The molecule has 0 amide bonds. The first-order valence-corrected chi connectivity index (χ1v) is 11.5. The molecule has 2 aromatic rings. The largest absolute Gasteiger partial charge is 0.491 e. The number of hydrogen-bond acceptors (Lipinski definition) is 4. The van der Waals surface area contributed by atoms with Gasteiger partial charge in [-0.1, -0.05) is 12.1 Å². The van der Waals surface area contributed by atoms with Crippen molar-refractivity contribution in [2.75, 3.05) is 26.3 Å². The third kappa shape index (κ3) is 8.61. The lowest BCUT2D eigenvalue weighted by Gasteiger charge is -2.15. The number of hydrogen-bond donors (Lipinski definition) is 2. The monoisotopic (exact) mass is 555 g/mol. The fraction of sp³-hybridized carbons (Fsp3) is 0.583. The molecule has 0 bridgehead atoms. The average molecular weight is 556 g/mol. The minimum Gasteiger partial charge on any atom is -0.491 e. The van der Waals surface area contributed by atoms with Crippen molar-refractivity contribution in [1.29, 1.82) is 0 Å². The average Bonchev–Trinajstić information content (AvgIpc) is 3.43. The van der Waals surface area contributed by atoms with Gasteiger partial charge in [0.25, 0.3) is 0 Å². The maximum Gasteiger partial charge on any atom is 0.191 e. The van der Waals surface area contributed by atoms with E-state index in [2.05, 4.69) is 52.2 Å². The number of guanidine groups is 1. The Hall–Kier alpha value is -1.81. The molecule has 1 atom stereocenters. The molecule has 1 aromatic carbocycles. The molecule has 2 N–H and O–H groups in total. The normalized spacial score (nSPS) is 16.0. The summed E-state index contributed by atoms with van der Waals surface area (Å²) in [6.45, 7) is 10.9. The highest BCUT2D eigenvalue weighted by Gasteiger charge is 2.17. The molecular weight excluding hydrogens is 517 g/mol. The number of aliphatic imine (C=N–C) groups is 1. The van der Waals surface area contributed by atoms with Gasteiger partial charge in [0.2, 0.25) is 0 Å². The first kappa shape index (κ1) is 26.4. The number of unbranched alkanes of at least 4 members (excludes halogenated alkanes) is 1. The van der Waals surface area contributed by atoms with Gasteiger partial charge in [0.15, 0.2) is 5.96 Å². The highest BCUT2D eigenvalue weighted by molar-refractivity contribution is 14.0. The molecule has 1 saturated heterocycles. The van der Waals surface area contributed by atoms with Crippen molar-refractivity contribution >= 4 is 29.9 Å². The molecule has 0 radical (unpaired) electrons. The van der Waals surface area contributed by atoms with Crippen molar-refractivity contribution in [1.82, 2.24) is 20.2 Å². The standard InChI is InChI=1S/C24H37N5O2.HI/c1-4-25-24(27-11-5-6-13-29-14-12-26-20(29)3)28-17-21-10-9-19(2)16-23(21)31-18-22-8-7-15-30-22;/h9-10,12,14,16,22H,4-8,11,13,15,17-18H2,1-3H3,(H2,25,27,28);1H. The van der Waals surface area contributed by atoms with Gasteiger partial charge in [-0.05, 0) is 58.1 Å². The number of aryl methyl sites for hydroxylation is 3. The van der Waals surface area contributed by atoms with E-state index in [0.717, 1.165) is 75.0 Å². The minimum atomic E-state index is 0. The number of aromatic nitrogens is 2. The van der Waals surface area contributed by atoms with E-state index in [1.165, 1.54) is 5.56 Å². The highest BCUT2D eigenvalue weighted by atomic mass is 127. The number of rotatable bonds is 11. The van der Waals surface area contributed by atoms with E-state index in [4.69, 9.17) is 14.5 Å². The summed E-state index contributed by atoms with van der Waals surface area (Å²) in [7, 11) is 0. The SMILES string of the molecule is CCNC(=NCc1ccc(C)cc1OCC1CCCO1)NCCCCn1ccnc1C.I. The zero-order valence-electron chi connectivity index (χ0n) is 19.6. The Kier molecular flexibility index (Phi) is 11.9. The third-order valence-electron chi connectivity index (χ3n) is 5.46. The van der Waals surface area contributed by atoms with Crippen LogP contribution >= 0.6 is 24.0 Å². The predicted octanol–water partition coefficient (Wildman–Crippen LogP) is 4.21. The van der Waals surface area contributed by atoms with Crippen LogP contribution in [-0.2, 0) is 17.8 Å². The van der Waals surface area contributed by atoms with E-state index < -0.39 is 0 Å². The van der Waals surface area contributed by atoms with Crippen molar-refractivity contribution in [3.8, 4) is 5.75 Å². The molecule has 1 fully saturated rings. The fourth-order valence-electron chi connectivity index (χ4n) is 3.65. The van der Waals surface area contributed by atoms with Crippen LogP contribution in [0.25, 0.3) is 0 Å². The van der Waals surface area contributed by atoms with Gasteiger partial charge in [-0.15, -0.1) is 24.0 Å². The van der Waals surface area contributed by atoms with Crippen LogP contribution < -0.4 is 15.4 Å². The van der Waals surface area contributed by atoms with E-state index in [1.807, 2.05) is 19.3 Å². The molecule has 0 aliphatic carbocycles. The number of imidazole rings is 1. The van der Waals surface area contributed by atoms with Gasteiger partial charge in [-0.25, -0.2) is 9.98 Å². The summed E-state index contributed by atoms with van der Waals surface area (Å²) >= 11 is 0. The first-order chi connectivity index (χ1) is 15.2. The summed E-state index contributed by atoms with van der Waals surface area (Å²) in [4.78, 5) is 9.05. The van der Waals surface area contributed by atoms with Gasteiger partial charge in [0.1, 0.15) is 18.2 Å². The van der Waals surface area contributed by atoms with Crippen LogP contribution in [0, 0.1) is 13.8 Å². The number of halogens is 1. The molecule has 7 nitrogen and oxygen atoms in total. The Bertz CT molecular complexity index is 834. The van der Waals surface area contributed by atoms with E-state index in [1.54, 1.807) is 0 Å². The maximum atomic E-state index is 6.11. The Morgan fingerprint density at radius 1 is 1.28 bits per heavy atom. The summed E-state index contributed by atoms with van der Waals surface area (Å²) in [5.41, 5.74) is 2.28. The van der Waals surface area contributed by atoms with Crippen molar-refractivity contribution in [2.45, 2.75) is 65.6 Å². The van der Waals surface area contributed by atoms with E-state index in [-0.39, 0.29) is 30.1 Å². The molecule has 178 valence electrons. The second-order valence-electron chi connectivity index (χ2n) is 8.05. The summed E-state index contributed by atoms with van der Waals surface area (Å²) in [5.74, 6) is 2.82.